The lowest BCUT2D eigenvalue weighted by atomic mass is 9.75. The third kappa shape index (κ3) is 2.38. The highest BCUT2D eigenvalue weighted by Gasteiger charge is 2.26. The van der Waals surface area contributed by atoms with Crippen LogP contribution in [0.2, 0.25) is 0 Å². The molecule has 0 saturated carbocycles. The maximum Gasteiger partial charge on any atom is 0.00492 e. The summed E-state index contributed by atoms with van der Waals surface area (Å²) < 4.78 is 0. The summed E-state index contributed by atoms with van der Waals surface area (Å²) in [6.45, 7) is 11.0. The van der Waals surface area contributed by atoms with Crippen LogP contribution in [0.25, 0.3) is 0 Å². The smallest absolute Gasteiger partial charge is 0.00492 e. The Morgan fingerprint density at radius 3 is 2.57 bits per heavy atom. The first-order valence-corrected chi connectivity index (χ1v) is 6.52. The molecule has 0 spiro atoms. The van der Waals surface area contributed by atoms with Gasteiger partial charge < -0.3 is 0 Å². The maximum absolute atomic E-state index is 2.38. The molecule has 0 unspecified atom stereocenters. The van der Waals surface area contributed by atoms with Gasteiger partial charge in [0.2, 0.25) is 0 Å². The largest absolute Gasteiger partial charge is 0.149 e. The zero-order chi connectivity index (χ0) is 10.8. The summed E-state index contributed by atoms with van der Waals surface area (Å²) in [4.78, 5) is 1.54. The lowest BCUT2D eigenvalue weighted by Gasteiger charge is -2.29. The van der Waals surface area contributed by atoms with Crippen LogP contribution in [0, 0.1) is 12.3 Å². The van der Waals surface area contributed by atoms with Crippen LogP contribution < -0.4 is 0 Å². The molecule has 0 fully saturated rings. The van der Waals surface area contributed by atoms with Crippen LogP contribution in [-0.2, 0) is 12.8 Å². The standard InChI is InChI=1S/C11H16S.C2H6/c1-8-10-6-11(2,3)5-4-9(10)7-12-8;1-2/h7H,4-6H2,1-3H3;1-2H3. The Hall–Kier alpha value is -0.300. The minimum absolute atomic E-state index is 0.541. The van der Waals surface area contributed by atoms with Crippen LogP contribution in [0.3, 0.4) is 0 Å². The normalized spacial score (nSPS) is 18.1. The predicted molar refractivity (Wildman–Crippen MR) is 66.2 cm³/mol. The summed E-state index contributed by atoms with van der Waals surface area (Å²) in [6, 6.07) is 0. The molecule has 1 aromatic heterocycles. The Balaban J connectivity index is 0.000000461. The van der Waals surface area contributed by atoms with E-state index >= 15 is 0 Å². The van der Waals surface area contributed by atoms with Gasteiger partial charge in [-0.15, -0.1) is 11.3 Å². The van der Waals surface area contributed by atoms with Gasteiger partial charge in [0.05, 0.1) is 0 Å². The molecule has 0 bridgehead atoms. The van der Waals surface area contributed by atoms with Crippen LogP contribution in [0.5, 0.6) is 0 Å². The average Bonchev–Trinajstić information content (AvgIpc) is 2.50. The summed E-state index contributed by atoms with van der Waals surface area (Å²) in [5.41, 5.74) is 3.81. The van der Waals surface area contributed by atoms with Gasteiger partial charge in [-0.05, 0) is 48.1 Å². The predicted octanol–water partition coefficient (Wildman–Crippen LogP) is 4.60. The molecular weight excluding hydrogens is 188 g/mol. The molecular formula is C13H22S. The molecule has 0 aliphatic heterocycles. The molecule has 1 aromatic rings. The van der Waals surface area contributed by atoms with Crippen LogP contribution in [0.15, 0.2) is 5.38 Å². The molecule has 1 aliphatic carbocycles. The second-order valence-electron chi connectivity index (χ2n) is 4.64. The summed E-state index contributed by atoms with van der Waals surface area (Å²) >= 11 is 1.92. The second-order valence-corrected chi connectivity index (χ2v) is 5.72. The van der Waals surface area contributed by atoms with E-state index in [1.54, 1.807) is 11.1 Å². The van der Waals surface area contributed by atoms with Gasteiger partial charge in [0.15, 0.2) is 0 Å². The third-order valence-corrected chi connectivity index (χ3v) is 3.92. The molecule has 1 heteroatoms. The first-order valence-electron chi connectivity index (χ1n) is 5.64. The SMILES string of the molecule is CC.Cc1scc2c1CC(C)(C)CC2. The quantitative estimate of drug-likeness (QED) is 0.587. The Morgan fingerprint density at radius 2 is 1.93 bits per heavy atom. The van der Waals surface area contributed by atoms with Crippen molar-refractivity contribution in [3.8, 4) is 0 Å². The zero-order valence-electron chi connectivity index (χ0n) is 10.1. The van der Waals surface area contributed by atoms with Gasteiger partial charge in [-0.1, -0.05) is 27.7 Å². The Labute approximate surface area is 92.4 Å². The van der Waals surface area contributed by atoms with Crippen LogP contribution in [0.4, 0.5) is 0 Å². The van der Waals surface area contributed by atoms with E-state index in [2.05, 4.69) is 26.2 Å². The third-order valence-electron chi connectivity index (χ3n) is 2.92. The monoisotopic (exact) mass is 210 g/mol. The van der Waals surface area contributed by atoms with Crippen molar-refractivity contribution in [2.75, 3.05) is 0 Å². The van der Waals surface area contributed by atoms with E-state index in [1.807, 2.05) is 25.2 Å². The number of hydrogen-bond acceptors (Lipinski definition) is 1. The van der Waals surface area contributed by atoms with Crippen molar-refractivity contribution in [2.45, 2.75) is 53.9 Å². The number of fused-ring (bicyclic) bond motifs is 1. The van der Waals surface area contributed by atoms with Gasteiger partial charge >= 0.3 is 0 Å². The molecule has 80 valence electrons. The van der Waals surface area contributed by atoms with Crippen molar-refractivity contribution in [1.82, 2.24) is 0 Å². The molecule has 0 radical (unpaired) electrons. The molecule has 0 nitrogen and oxygen atoms in total. The number of aryl methyl sites for hydroxylation is 2. The van der Waals surface area contributed by atoms with Crippen molar-refractivity contribution in [3.63, 3.8) is 0 Å². The fourth-order valence-corrected chi connectivity index (χ4v) is 2.94. The lowest BCUT2D eigenvalue weighted by molar-refractivity contribution is 0.316. The van der Waals surface area contributed by atoms with E-state index in [4.69, 9.17) is 0 Å². The van der Waals surface area contributed by atoms with Gasteiger partial charge in [0, 0.05) is 4.88 Å². The van der Waals surface area contributed by atoms with E-state index < -0.39 is 0 Å². The highest BCUT2D eigenvalue weighted by atomic mass is 32.1. The molecule has 0 aromatic carbocycles. The fraction of sp³-hybridized carbons (Fsp3) is 0.692. The van der Waals surface area contributed by atoms with Crippen molar-refractivity contribution >= 4 is 11.3 Å². The Morgan fingerprint density at radius 1 is 1.29 bits per heavy atom. The summed E-state index contributed by atoms with van der Waals surface area (Å²) in [6.07, 6.45) is 3.94. The average molecular weight is 210 g/mol. The molecule has 0 N–H and O–H groups in total. The molecule has 0 saturated heterocycles. The molecule has 2 rings (SSSR count). The van der Waals surface area contributed by atoms with E-state index in [9.17, 15) is 0 Å². The van der Waals surface area contributed by atoms with Crippen molar-refractivity contribution in [1.29, 1.82) is 0 Å². The molecule has 0 amide bonds. The number of rotatable bonds is 0. The van der Waals surface area contributed by atoms with Crippen LogP contribution in [0.1, 0.15) is 50.1 Å². The molecule has 1 aliphatic rings. The fourth-order valence-electron chi connectivity index (χ4n) is 2.02. The second kappa shape index (κ2) is 4.48. The van der Waals surface area contributed by atoms with Crippen molar-refractivity contribution in [2.24, 2.45) is 5.41 Å². The minimum atomic E-state index is 0.541. The van der Waals surface area contributed by atoms with Gasteiger partial charge in [-0.3, -0.25) is 0 Å². The Bertz CT molecular complexity index is 294. The topological polar surface area (TPSA) is 0 Å². The van der Waals surface area contributed by atoms with E-state index in [-0.39, 0.29) is 0 Å². The molecule has 1 heterocycles. The first kappa shape index (κ1) is 11.8. The van der Waals surface area contributed by atoms with Crippen molar-refractivity contribution in [3.05, 3.63) is 21.4 Å². The van der Waals surface area contributed by atoms with Crippen LogP contribution >= 0.6 is 11.3 Å². The van der Waals surface area contributed by atoms with E-state index in [0.717, 1.165) is 0 Å². The molecule has 14 heavy (non-hydrogen) atoms. The number of hydrogen-bond donors (Lipinski definition) is 0. The van der Waals surface area contributed by atoms with Crippen molar-refractivity contribution < 1.29 is 0 Å². The summed E-state index contributed by atoms with van der Waals surface area (Å²) in [5, 5.41) is 2.35. The van der Waals surface area contributed by atoms with Gasteiger partial charge in [-0.2, -0.15) is 0 Å². The van der Waals surface area contributed by atoms with Crippen LogP contribution in [-0.4, -0.2) is 0 Å². The lowest BCUT2D eigenvalue weighted by Crippen LogP contribution is -2.21. The van der Waals surface area contributed by atoms with Gasteiger partial charge in [-0.25, -0.2) is 0 Å². The summed E-state index contributed by atoms with van der Waals surface area (Å²) in [5.74, 6) is 0. The number of thiophene rings is 1. The zero-order valence-corrected chi connectivity index (χ0v) is 10.9. The summed E-state index contributed by atoms with van der Waals surface area (Å²) in [7, 11) is 0. The van der Waals surface area contributed by atoms with E-state index in [0.29, 0.717) is 5.41 Å². The molecule has 0 atom stereocenters. The van der Waals surface area contributed by atoms with Gasteiger partial charge in [0.25, 0.3) is 0 Å². The van der Waals surface area contributed by atoms with Gasteiger partial charge in [0.1, 0.15) is 0 Å². The highest BCUT2D eigenvalue weighted by molar-refractivity contribution is 7.10. The highest BCUT2D eigenvalue weighted by Crippen LogP contribution is 2.38. The minimum Gasteiger partial charge on any atom is -0.149 e. The Kier molecular flexibility index (Phi) is 3.77. The first-order chi connectivity index (χ1) is 6.58. The van der Waals surface area contributed by atoms with E-state index in [1.165, 1.54) is 24.1 Å². The maximum atomic E-state index is 2.38.